The van der Waals surface area contributed by atoms with Crippen LogP contribution in [0.2, 0.25) is 0 Å². The molecule has 1 aromatic carbocycles. The molecule has 2 aromatic heterocycles. The largest absolute Gasteiger partial charge is 0.477 e. The first-order valence-electron chi connectivity index (χ1n) is 6.55. The van der Waals surface area contributed by atoms with Crippen LogP contribution in [-0.4, -0.2) is 15.0 Å². The minimum Gasteiger partial charge on any atom is -0.477 e. The van der Waals surface area contributed by atoms with Gasteiger partial charge in [0, 0.05) is 50.6 Å². The van der Waals surface area contributed by atoms with E-state index in [9.17, 15) is 0 Å². The van der Waals surface area contributed by atoms with Crippen LogP contribution in [0.15, 0.2) is 61.2 Å². The summed E-state index contributed by atoms with van der Waals surface area (Å²) in [5.41, 5.74) is 1.86. The van der Waals surface area contributed by atoms with Crippen molar-refractivity contribution < 1.29 is 20.1 Å². The second-order valence-corrected chi connectivity index (χ2v) is 4.52. The number of benzene rings is 1. The first-order chi connectivity index (χ1) is 10.4. The van der Waals surface area contributed by atoms with Crippen molar-refractivity contribution in [3.05, 3.63) is 73.9 Å². The van der Waals surface area contributed by atoms with Gasteiger partial charge in [0.25, 0.3) is 0 Å². The smallest absolute Gasteiger partial charge is 0.145 e. The second-order valence-electron chi connectivity index (χ2n) is 4.52. The zero-order chi connectivity index (χ0) is 14.1. The van der Waals surface area contributed by atoms with Crippen LogP contribution >= 0.6 is 0 Å². The van der Waals surface area contributed by atoms with Crippen LogP contribution in [0.4, 0.5) is 23.0 Å². The summed E-state index contributed by atoms with van der Waals surface area (Å²) in [5.74, 6) is 1.56. The fourth-order valence-corrected chi connectivity index (χ4v) is 2.28. The normalized spacial score (nSPS) is 12.7. The number of anilines is 4. The average Bonchev–Trinajstić information content (AvgIpc) is 2.96. The molecule has 4 rings (SSSR count). The molecule has 0 atom stereocenters. The summed E-state index contributed by atoms with van der Waals surface area (Å²) in [6.07, 6.45) is 6.93. The number of nitrogens with zero attached hydrogens (tertiary/aromatic N) is 5. The Hall–Kier alpha value is -2.30. The maximum atomic E-state index is 4.44. The van der Waals surface area contributed by atoms with Gasteiger partial charge in [0.2, 0.25) is 0 Å². The first kappa shape index (κ1) is 14.6. The van der Waals surface area contributed by atoms with Crippen molar-refractivity contribution in [2.75, 3.05) is 9.80 Å². The van der Waals surface area contributed by atoms with E-state index in [-0.39, 0.29) is 20.1 Å². The molecular weight excluding hydrogens is 454 g/mol. The summed E-state index contributed by atoms with van der Waals surface area (Å²) in [7, 11) is 0. The third-order valence-electron chi connectivity index (χ3n) is 3.22. The van der Waals surface area contributed by atoms with Gasteiger partial charge in [-0.2, -0.15) is 30.3 Å². The van der Waals surface area contributed by atoms with E-state index in [4.69, 9.17) is 0 Å². The van der Waals surface area contributed by atoms with Crippen molar-refractivity contribution in [1.82, 2.24) is 15.0 Å². The van der Waals surface area contributed by atoms with E-state index in [1.165, 1.54) is 0 Å². The molecule has 1 aliphatic heterocycles. The maximum Gasteiger partial charge on any atom is 0.145 e. The van der Waals surface area contributed by atoms with Crippen LogP contribution in [-0.2, 0) is 20.1 Å². The Morgan fingerprint density at radius 3 is 2.41 bits per heavy atom. The van der Waals surface area contributed by atoms with Crippen LogP contribution in [0.5, 0.6) is 0 Å². The van der Waals surface area contributed by atoms with Gasteiger partial charge < -0.3 is 9.80 Å². The summed E-state index contributed by atoms with van der Waals surface area (Å²) in [4.78, 5) is 17.0. The van der Waals surface area contributed by atoms with Crippen molar-refractivity contribution in [2.45, 2.75) is 0 Å². The third kappa shape index (κ3) is 2.47. The molecule has 6 heteroatoms. The molecule has 0 bridgehead atoms. The molecule has 0 saturated carbocycles. The number of hydrogen-bond acceptors (Lipinski definition) is 5. The predicted molar refractivity (Wildman–Crippen MR) is 80.1 cm³/mol. The van der Waals surface area contributed by atoms with Gasteiger partial charge in [0.15, 0.2) is 0 Å². The Balaban J connectivity index is 0.00000144. The van der Waals surface area contributed by atoms with Crippen LogP contribution in [0.3, 0.4) is 0 Å². The van der Waals surface area contributed by atoms with Crippen LogP contribution in [0, 0.1) is 12.7 Å². The molecule has 22 heavy (non-hydrogen) atoms. The molecule has 3 aromatic rings. The number of aromatic nitrogens is 3. The Morgan fingerprint density at radius 1 is 0.909 bits per heavy atom. The number of fused-ring (bicyclic) bond motifs is 1. The molecule has 0 aliphatic carbocycles. The van der Waals surface area contributed by atoms with Gasteiger partial charge in [-0.25, -0.2) is 9.97 Å². The average molecular weight is 466 g/mol. The van der Waals surface area contributed by atoms with E-state index in [1.54, 1.807) is 24.8 Å². The Bertz CT molecular complexity index is 686. The van der Waals surface area contributed by atoms with Crippen molar-refractivity contribution >= 4 is 23.0 Å². The Labute approximate surface area is 142 Å². The molecule has 0 N–H and O–H groups in total. The van der Waals surface area contributed by atoms with E-state index in [1.807, 2.05) is 52.9 Å². The second kappa shape index (κ2) is 6.22. The van der Waals surface area contributed by atoms with E-state index in [0.29, 0.717) is 0 Å². The molecule has 0 saturated heterocycles. The molecule has 3 heterocycles. The molecule has 5 nitrogen and oxygen atoms in total. The quantitative estimate of drug-likeness (QED) is 0.545. The monoisotopic (exact) mass is 466 g/mol. The Morgan fingerprint density at radius 2 is 1.73 bits per heavy atom. The molecule has 1 radical (unpaired) electrons. The molecule has 0 spiro atoms. The summed E-state index contributed by atoms with van der Waals surface area (Å²) >= 11 is 0. The fraction of sp³-hybridized carbons (Fsp3) is 0. The zero-order valence-corrected chi connectivity index (χ0v) is 13.8. The van der Waals surface area contributed by atoms with Gasteiger partial charge in [-0.15, -0.1) is 12.4 Å². The standard InChI is InChI=1S/C16H11N5.Ir/c1-2-5-13(6-3-1)20-12-21(14-7-4-8-17-11-14)16-15(20)18-9-10-19-16;/h1-5,7-12H;/q-2;. The van der Waals surface area contributed by atoms with Crippen LogP contribution in [0.25, 0.3) is 0 Å². The molecule has 0 amide bonds. The zero-order valence-electron chi connectivity index (χ0n) is 11.4. The maximum absolute atomic E-state index is 4.44. The Kier molecular flexibility index (Phi) is 4.13. The number of para-hydroxylation sites is 1. The van der Waals surface area contributed by atoms with Crippen molar-refractivity contribution in [3.63, 3.8) is 0 Å². The molecule has 1 aliphatic rings. The van der Waals surface area contributed by atoms with E-state index in [2.05, 4.69) is 21.0 Å². The fourth-order valence-electron chi connectivity index (χ4n) is 2.28. The molecule has 0 fully saturated rings. The van der Waals surface area contributed by atoms with Gasteiger partial charge in [-0.1, -0.05) is 0 Å². The van der Waals surface area contributed by atoms with E-state index >= 15 is 0 Å². The SMILES string of the molecule is [Ir].[c-]1ccccc1N1[CH-]N(c2cccnc2)c2nccnc21. The van der Waals surface area contributed by atoms with Gasteiger partial charge in [0.05, 0.1) is 0 Å². The minimum atomic E-state index is 0. The van der Waals surface area contributed by atoms with Crippen molar-refractivity contribution in [3.8, 4) is 0 Å². The predicted octanol–water partition coefficient (Wildman–Crippen LogP) is 3.08. The summed E-state index contributed by atoms with van der Waals surface area (Å²) in [6.45, 7) is 1.95. The van der Waals surface area contributed by atoms with Crippen molar-refractivity contribution in [1.29, 1.82) is 0 Å². The van der Waals surface area contributed by atoms with E-state index in [0.717, 1.165) is 23.0 Å². The third-order valence-corrected chi connectivity index (χ3v) is 3.22. The van der Waals surface area contributed by atoms with Gasteiger partial charge in [-0.05, 0) is 12.1 Å². The number of hydrogen-bond donors (Lipinski definition) is 0. The van der Waals surface area contributed by atoms with Crippen molar-refractivity contribution in [2.24, 2.45) is 0 Å². The first-order valence-corrected chi connectivity index (χ1v) is 6.55. The van der Waals surface area contributed by atoms with Crippen LogP contribution in [0.1, 0.15) is 0 Å². The molecule has 111 valence electrons. The van der Waals surface area contributed by atoms with Gasteiger partial charge in [0.1, 0.15) is 11.6 Å². The van der Waals surface area contributed by atoms with Gasteiger partial charge >= 0.3 is 0 Å². The number of rotatable bonds is 2. The molecular formula is C16H11IrN5-2. The van der Waals surface area contributed by atoms with Gasteiger partial charge in [-0.3, -0.25) is 4.98 Å². The molecule has 0 unspecified atom stereocenters. The summed E-state index contributed by atoms with van der Waals surface area (Å²) < 4.78 is 0. The van der Waals surface area contributed by atoms with Crippen LogP contribution < -0.4 is 9.80 Å². The minimum absolute atomic E-state index is 0. The van der Waals surface area contributed by atoms with E-state index < -0.39 is 0 Å². The topological polar surface area (TPSA) is 45.2 Å². The number of pyridine rings is 1. The summed E-state index contributed by atoms with van der Waals surface area (Å²) in [5, 5.41) is 0. The summed E-state index contributed by atoms with van der Waals surface area (Å²) in [6, 6.07) is 14.9.